The molecule has 2 heterocycles. The fourth-order valence-corrected chi connectivity index (χ4v) is 2.42. The van der Waals surface area contributed by atoms with E-state index in [2.05, 4.69) is 19.0 Å². The number of nitrogens with zero attached hydrogens (tertiary/aromatic N) is 2. The highest BCUT2D eigenvalue weighted by Crippen LogP contribution is 2.22. The molecule has 2 atom stereocenters. The average Bonchev–Trinajstić information content (AvgIpc) is 2.64. The van der Waals surface area contributed by atoms with Crippen LogP contribution < -0.4 is 0 Å². The summed E-state index contributed by atoms with van der Waals surface area (Å²) in [6.45, 7) is 6.94. The van der Waals surface area contributed by atoms with Crippen LogP contribution >= 0.6 is 0 Å². The van der Waals surface area contributed by atoms with Crippen molar-refractivity contribution in [1.29, 1.82) is 0 Å². The van der Waals surface area contributed by atoms with Gasteiger partial charge in [-0.15, -0.1) is 0 Å². The molecule has 0 saturated carbocycles. The molecule has 0 radical (unpaired) electrons. The molecule has 1 aromatic heterocycles. The fourth-order valence-electron chi connectivity index (χ4n) is 2.42. The van der Waals surface area contributed by atoms with Crippen LogP contribution in [0.5, 0.6) is 0 Å². The summed E-state index contributed by atoms with van der Waals surface area (Å²) in [5.74, 6) is 1.25. The van der Waals surface area contributed by atoms with Crippen LogP contribution in [0.2, 0.25) is 0 Å². The highest BCUT2D eigenvalue weighted by molar-refractivity contribution is 5.92. The molecule has 2 rings (SSSR count). The summed E-state index contributed by atoms with van der Waals surface area (Å²) in [6, 6.07) is 2.01. The molecule has 1 aliphatic rings. The normalized spacial score (nSPS) is 25.7. The molecule has 1 saturated heterocycles. The average molecular weight is 236 g/mol. The Morgan fingerprint density at radius 3 is 2.88 bits per heavy atom. The second-order valence-corrected chi connectivity index (χ2v) is 5.17. The van der Waals surface area contributed by atoms with Crippen molar-refractivity contribution in [1.82, 2.24) is 10.1 Å². The van der Waals surface area contributed by atoms with E-state index >= 15 is 0 Å². The molecular weight excluding hydrogens is 216 g/mol. The number of carbonyl (C=O) groups is 1. The summed E-state index contributed by atoms with van der Waals surface area (Å²) >= 11 is 0. The number of rotatable bonds is 1. The molecule has 0 spiro atoms. The Hall–Kier alpha value is -1.32. The van der Waals surface area contributed by atoms with E-state index in [9.17, 15) is 4.79 Å². The van der Waals surface area contributed by atoms with Crippen molar-refractivity contribution in [2.24, 2.45) is 5.92 Å². The molecule has 1 amide bonds. The SMILES string of the molecule is Cc1cc(C(=O)N2CC(C)CCCC2C)no1. The minimum Gasteiger partial charge on any atom is -0.361 e. The Morgan fingerprint density at radius 1 is 1.47 bits per heavy atom. The van der Waals surface area contributed by atoms with Gasteiger partial charge in [0.05, 0.1) is 0 Å². The molecule has 0 N–H and O–H groups in total. The van der Waals surface area contributed by atoms with E-state index in [1.54, 1.807) is 13.0 Å². The highest BCUT2D eigenvalue weighted by Gasteiger charge is 2.27. The molecular formula is C13H20N2O2. The number of aryl methyl sites for hydroxylation is 1. The maximum atomic E-state index is 12.3. The van der Waals surface area contributed by atoms with Crippen LogP contribution in [-0.2, 0) is 0 Å². The van der Waals surface area contributed by atoms with E-state index in [0.29, 0.717) is 23.4 Å². The van der Waals surface area contributed by atoms with Gasteiger partial charge in [-0.25, -0.2) is 0 Å². The number of likely N-dealkylation sites (tertiary alicyclic amines) is 1. The van der Waals surface area contributed by atoms with Crippen LogP contribution in [0.3, 0.4) is 0 Å². The van der Waals surface area contributed by atoms with Crippen LogP contribution in [-0.4, -0.2) is 28.6 Å². The van der Waals surface area contributed by atoms with Gasteiger partial charge in [-0.3, -0.25) is 4.79 Å². The van der Waals surface area contributed by atoms with Gasteiger partial charge in [-0.05, 0) is 32.6 Å². The van der Waals surface area contributed by atoms with Crippen LogP contribution in [0.15, 0.2) is 10.6 Å². The Kier molecular flexibility index (Phi) is 3.50. The van der Waals surface area contributed by atoms with Gasteiger partial charge in [0.25, 0.3) is 5.91 Å². The number of aromatic nitrogens is 1. The number of hydrogen-bond donors (Lipinski definition) is 0. The van der Waals surface area contributed by atoms with E-state index in [4.69, 9.17) is 4.52 Å². The smallest absolute Gasteiger partial charge is 0.276 e. The van der Waals surface area contributed by atoms with E-state index in [-0.39, 0.29) is 5.91 Å². The van der Waals surface area contributed by atoms with Crippen LogP contribution in [0.4, 0.5) is 0 Å². The standard InChI is InChI=1S/C13H20N2O2/c1-9-5-4-6-10(2)15(8-9)13(16)12-7-11(3)17-14-12/h7,9-10H,4-6,8H2,1-3H3. The van der Waals surface area contributed by atoms with Gasteiger partial charge in [0, 0.05) is 18.7 Å². The predicted octanol–water partition coefficient (Wildman–Crippen LogP) is 2.63. The molecule has 1 fully saturated rings. The number of hydrogen-bond acceptors (Lipinski definition) is 3. The van der Waals surface area contributed by atoms with E-state index < -0.39 is 0 Å². The van der Waals surface area contributed by atoms with Gasteiger partial charge >= 0.3 is 0 Å². The van der Waals surface area contributed by atoms with E-state index in [0.717, 1.165) is 13.0 Å². The summed E-state index contributed by atoms with van der Waals surface area (Å²) in [6.07, 6.45) is 3.48. The third-order valence-corrected chi connectivity index (χ3v) is 3.47. The van der Waals surface area contributed by atoms with Crippen molar-refractivity contribution in [3.8, 4) is 0 Å². The van der Waals surface area contributed by atoms with Crippen molar-refractivity contribution < 1.29 is 9.32 Å². The molecule has 0 bridgehead atoms. The zero-order chi connectivity index (χ0) is 12.4. The Morgan fingerprint density at radius 2 is 2.24 bits per heavy atom. The zero-order valence-electron chi connectivity index (χ0n) is 10.8. The molecule has 2 unspecified atom stereocenters. The lowest BCUT2D eigenvalue weighted by atomic mass is 10.1. The van der Waals surface area contributed by atoms with Crippen molar-refractivity contribution >= 4 is 5.91 Å². The summed E-state index contributed by atoms with van der Waals surface area (Å²) in [5, 5.41) is 3.81. The van der Waals surface area contributed by atoms with Gasteiger partial charge in [0.1, 0.15) is 5.76 Å². The molecule has 0 aromatic carbocycles. The second-order valence-electron chi connectivity index (χ2n) is 5.17. The van der Waals surface area contributed by atoms with Gasteiger partial charge < -0.3 is 9.42 Å². The molecule has 1 aromatic rings. The molecule has 17 heavy (non-hydrogen) atoms. The lowest BCUT2D eigenvalue weighted by Crippen LogP contribution is -2.40. The van der Waals surface area contributed by atoms with Gasteiger partial charge in [-0.1, -0.05) is 18.5 Å². The third kappa shape index (κ3) is 2.68. The number of amides is 1. The Labute approximate surface area is 102 Å². The summed E-state index contributed by atoms with van der Waals surface area (Å²) in [4.78, 5) is 14.3. The van der Waals surface area contributed by atoms with E-state index in [1.807, 2.05) is 4.90 Å². The minimum absolute atomic E-state index is 0.00287. The fraction of sp³-hybridized carbons (Fsp3) is 0.692. The van der Waals surface area contributed by atoms with Crippen molar-refractivity contribution in [3.05, 3.63) is 17.5 Å². The lowest BCUT2D eigenvalue weighted by Gasteiger charge is -2.27. The molecule has 4 nitrogen and oxygen atoms in total. The first-order chi connectivity index (χ1) is 8.08. The monoisotopic (exact) mass is 236 g/mol. The lowest BCUT2D eigenvalue weighted by molar-refractivity contribution is 0.0667. The van der Waals surface area contributed by atoms with Gasteiger partial charge in [0.2, 0.25) is 0 Å². The largest absolute Gasteiger partial charge is 0.361 e. The quantitative estimate of drug-likeness (QED) is 0.753. The molecule has 4 heteroatoms. The molecule has 94 valence electrons. The third-order valence-electron chi connectivity index (χ3n) is 3.47. The first-order valence-corrected chi connectivity index (χ1v) is 6.32. The first-order valence-electron chi connectivity index (χ1n) is 6.32. The van der Waals surface area contributed by atoms with Crippen LogP contribution in [0.25, 0.3) is 0 Å². The minimum atomic E-state index is 0.00287. The maximum absolute atomic E-state index is 12.3. The first kappa shape index (κ1) is 12.1. The van der Waals surface area contributed by atoms with E-state index in [1.165, 1.54) is 12.8 Å². The van der Waals surface area contributed by atoms with Gasteiger partial charge in [0.15, 0.2) is 5.69 Å². The van der Waals surface area contributed by atoms with Crippen molar-refractivity contribution in [3.63, 3.8) is 0 Å². The van der Waals surface area contributed by atoms with Crippen molar-refractivity contribution in [2.75, 3.05) is 6.54 Å². The summed E-state index contributed by atoms with van der Waals surface area (Å²) in [5.41, 5.74) is 0.434. The summed E-state index contributed by atoms with van der Waals surface area (Å²) < 4.78 is 4.97. The summed E-state index contributed by atoms with van der Waals surface area (Å²) in [7, 11) is 0. The maximum Gasteiger partial charge on any atom is 0.276 e. The van der Waals surface area contributed by atoms with Crippen LogP contribution in [0, 0.1) is 12.8 Å². The van der Waals surface area contributed by atoms with Crippen LogP contribution in [0.1, 0.15) is 49.4 Å². The van der Waals surface area contributed by atoms with Gasteiger partial charge in [-0.2, -0.15) is 0 Å². The van der Waals surface area contributed by atoms with Crippen molar-refractivity contribution in [2.45, 2.75) is 46.1 Å². The topological polar surface area (TPSA) is 46.3 Å². The zero-order valence-corrected chi connectivity index (χ0v) is 10.8. The second kappa shape index (κ2) is 4.90. The number of carbonyl (C=O) groups excluding carboxylic acids is 1. The Balaban J connectivity index is 2.16. The molecule has 0 aliphatic carbocycles. The predicted molar refractivity (Wildman–Crippen MR) is 64.8 cm³/mol. The highest BCUT2D eigenvalue weighted by atomic mass is 16.5. The Bertz CT molecular complexity index is 400. The molecule has 1 aliphatic heterocycles.